The third-order valence-electron chi connectivity index (χ3n) is 5.90. The molecule has 1 aliphatic rings. The summed E-state index contributed by atoms with van der Waals surface area (Å²) >= 11 is 0. The fourth-order valence-corrected chi connectivity index (χ4v) is 4.12. The maximum Gasteiger partial charge on any atom is 0.326 e. The zero-order valence-electron chi connectivity index (χ0n) is 19.5. The second kappa shape index (κ2) is 11.4. The molecule has 4 rings (SSSR count). The molecular formula is C28H31N3O3. The molecule has 0 aliphatic carbocycles. The van der Waals surface area contributed by atoms with Crippen LogP contribution in [0.25, 0.3) is 0 Å². The summed E-state index contributed by atoms with van der Waals surface area (Å²) in [7, 11) is 0. The number of rotatable bonds is 7. The van der Waals surface area contributed by atoms with Crippen molar-refractivity contribution in [2.45, 2.75) is 39.2 Å². The van der Waals surface area contributed by atoms with Crippen LogP contribution in [0, 0.1) is 0 Å². The minimum Gasteiger partial charge on any atom is -0.494 e. The number of benzene rings is 3. The standard InChI is InChI=1S/C28H31N3O3/c1-2-34-25-16-12-22(13-17-25)20-29-27(32)19-21-10-14-24(15-11-21)30-28(33)31-18-6-5-8-23-7-3-4-9-26(23)31/h3-4,7,9-17H,2,5-6,8,18-20H2,1H3,(H,29,32)(H,30,33). The summed E-state index contributed by atoms with van der Waals surface area (Å²) in [4.78, 5) is 27.2. The van der Waals surface area contributed by atoms with Crippen LogP contribution in [-0.2, 0) is 24.2 Å². The van der Waals surface area contributed by atoms with Crippen molar-refractivity contribution in [2.24, 2.45) is 0 Å². The number of hydrogen-bond donors (Lipinski definition) is 2. The first-order valence-electron chi connectivity index (χ1n) is 11.9. The number of fused-ring (bicyclic) bond motifs is 1. The van der Waals surface area contributed by atoms with Gasteiger partial charge in [0.25, 0.3) is 0 Å². The highest BCUT2D eigenvalue weighted by atomic mass is 16.5. The Morgan fingerprint density at radius 1 is 0.912 bits per heavy atom. The minimum atomic E-state index is -0.129. The summed E-state index contributed by atoms with van der Waals surface area (Å²) in [5, 5.41) is 5.95. The van der Waals surface area contributed by atoms with E-state index >= 15 is 0 Å². The van der Waals surface area contributed by atoms with E-state index in [0.29, 0.717) is 25.4 Å². The topological polar surface area (TPSA) is 70.7 Å². The molecule has 0 fully saturated rings. The van der Waals surface area contributed by atoms with Gasteiger partial charge < -0.3 is 15.4 Å². The number of carbonyl (C=O) groups excluding carboxylic acids is 2. The Bertz CT molecular complexity index is 1110. The lowest BCUT2D eigenvalue weighted by Gasteiger charge is -2.23. The number of nitrogens with one attached hydrogen (secondary N) is 2. The number of nitrogens with zero attached hydrogens (tertiary/aromatic N) is 1. The first kappa shape index (κ1) is 23.4. The van der Waals surface area contributed by atoms with Gasteiger partial charge in [-0.2, -0.15) is 0 Å². The van der Waals surface area contributed by atoms with Gasteiger partial charge in [0.1, 0.15) is 5.75 Å². The predicted octanol–water partition coefficient (Wildman–Crippen LogP) is 5.32. The van der Waals surface area contributed by atoms with Crippen molar-refractivity contribution in [3.63, 3.8) is 0 Å². The first-order chi connectivity index (χ1) is 16.6. The Hall–Kier alpha value is -3.80. The van der Waals surface area contributed by atoms with Gasteiger partial charge in [0.05, 0.1) is 13.0 Å². The molecule has 3 amide bonds. The summed E-state index contributed by atoms with van der Waals surface area (Å²) < 4.78 is 5.44. The largest absolute Gasteiger partial charge is 0.494 e. The Morgan fingerprint density at radius 3 is 2.41 bits per heavy atom. The molecule has 6 heteroatoms. The van der Waals surface area contributed by atoms with Gasteiger partial charge in [-0.05, 0) is 73.2 Å². The molecule has 0 radical (unpaired) electrons. The molecule has 0 unspecified atom stereocenters. The Morgan fingerprint density at radius 2 is 1.65 bits per heavy atom. The number of amides is 3. The first-order valence-corrected chi connectivity index (χ1v) is 11.9. The van der Waals surface area contributed by atoms with E-state index in [1.807, 2.05) is 78.6 Å². The summed E-state index contributed by atoms with van der Waals surface area (Å²) in [5.41, 5.74) is 4.82. The second-order valence-electron chi connectivity index (χ2n) is 8.40. The Kier molecular flexibility index (Phi) is 7.81. The molecule has 176 valence electrons. The third-order valence-corrected chi connectivity index (χ3v) is 5.90. The van der Waals surface area contributed by atoms with Crippen LogP contribution in [0.3, 0.4) is 0 Å². The van der Waals surface area contributed by atoms with Gasteiger partial charge in [0.15, 0.2) is 0 Å². The van der Waals surface area contributed by atoms with E-state index in [1.165, 1.54) is 5.56 Å². The fourth-order valence-electron chi connectivity index (χ4n) is 4.12. The number of carbonyl (C=O) groups is 2. The van der Waals surface area contributed by atoms with Gasteiger partial charge in [0, 0.05) is 24.5 Å². The van der Waals surface area contributed by atoms with Crippen molar-refractivity contribution < 1.29 is 14.3 Å². The van der Waals surface area contributed by atoms with E-state index in [-0.39, 0.29) is 18.4 Å². The lowest BCUT2D eigenvalue weighted by molar-refractivity contribution is -0.120. The van der Waals surface area contributed by atoms with Crippen molar-refractivity contribution in [1.82, 2.24) is 5.32 Å². The van der Waals surface area contributed by atoms with E-state index in [2.05, 4.69) is 16.7 Å². The smallest absolute Gasteiger partial charge is 0.326 e. The van der Waals surface area contributed by atoms with E-state index in [1.54, 1.807) is 0 Å². The van der Waals surface area contributed by atoms with E-state index in [0.717, 1.165) is 41.8 Å². The summed E-state index contributed by atoms with van der Waals surface area (Å²) in [6, 6.07) is 23.1. The van der Waals surface area contributed by atoms with Gasteiger partial charge in [-0.25, -0.2) is 4.79 Å². The molecule has 0 aromatic heterocycles. The maximum absolute atomic E-state index is 13.0. The Balaban J connectivity index is 1.29. The van der Waals surface area contributed by atoms with Gasteiger partial charge in [-0.3, -0.25) is 9.69 Å². The molecule has 2 N–H and O–H groups in total. The van der Waals surface area contributed by atoms with Crippen LogP contribution in [0.4, 0.5) is 16.2 Å². The molecule has 34 heavy (non-hydrogen) atoms. The average molecular weight is 458 g/mol. The normalized spacial score (nSPS) is 12.9. The molecule has 0 saturated carbocycles. The van der Waals surface area contributed by atoms with E-state index < -0.39 is 0 Å². The monoisotopic (exact) mass is 457 g/mol. The highest BCUT2D eigenvalue weighted by Crippen LogP contribution is 2.26. The molecule has 1 heterocycles. The van der Waals surface area contributed by atoms with Crippen LogP contribution in [0.2, 0.25) is 0 Å². The molecule has 3 aromatic carbocycles. The SMILES string of the molecule is CCOc1ccc(CNC(=O)Cc2ccc(NC(=O)N3CCCCc4ccccc43)cc2)cc1. The molecule has 6 nitrogen and oxygen atoms in total. The third kappa shape index (κ3) is 6.16. The average Bonchev–Trinajstić information content (AvgIpc) is 3.08. The molecule has 0 saturated heterocycles. The van der Waals surface area contributed by atoms with E-state index in [9.17, 15) is 9.59 Å². The number of aryl methyl sites for hydroxylation is 1. The van der Waals surface area contributed by atoms with Crippen LogP contribution >= 0.6 is 0 Å². The number of anilines is 2. The number of urea groups is 1. The van der Waals surface area contributed by atoms with Crippen LogP contribution in [-0.4, -0.2) is 25.1 Å². The van der Waals surface area contributed by atoms with Crippen molar-refractivity contribution >= 4 is 23.3 Å². The van der Waals surface area contributed by atoms with Crippen molar-refractivity contribution in [3.05, 3.63) is 89.5 Å². The van der Waals surface area contributed by atoms with Crippen LogP contribution in [0.1, 0.15) is 36.5 Å². The number of para-hydroxylation sites is 1. The number of hydrogen-bond acceptors (Lipinski definition) is 3. The summed E-state index contributed by atoms with van der Waals surface area (Å²) in [5.74, 6) is 0.775. The van der Waals surface area contributed by atoms with Crippen molar-refractivity contribution in [1.29, 1.82) is 0 Å². The van der Waals surface area contributed by atoms with Crippen molar-refractivity contribution in [2.75, 3.05) is 23.4 Å². The zero-order chi connectivity index (χ0) is 23.8. The maximum atomic E-state index is 13.0. The Labute approximate surface area is 200 Å². The molecular weight excluding hydrogens is 426 g/mol. The summed E-state index contributed by atoms with van der Waals surface area (Å²) in [6.45, 7) is 3.75. The fraction of sp³-hybridized carbons (Fsp3) is 0.286. The van der Waals surface area contributed by atoms with E-state index in [4.69, 9.17) is 4.74 Å². The van der Waals surface area contributed by atoms with Gasteiger partial charge in [-0.1, -0.05) is 42.5 Å². The molecule has 0 spiro atoms. The highest BCUT2D eigenvalue weighted by molar-refractivity contribution is 6.02. The second-order valence-corrected chi connectivity index (χ2v) is 8.40. The highest BCUT2D eigenvalue weighted by Gasteiger charge is 2.20. The molecule has 1 aliphatic heterocycles. The zero-order valence-corrected chi connectivity index (χ0v) is 19.5. The van der Waals surface area contributed by atoms with Crippen LogP contribution < -0.4 is 20.3 Å². The van der Waals surface area contributed by atoms with Gasteiger partial charge >= 0.3 is 6.03 Å². The van der Waals surface area contributed by atoms with Gasteiger partial charge in [0.2, 0.25) is 5.91 Å². The lowest BCUT2D eigenvalue weighted by atomic mass is 10.1. The minimum absolute atomic E-state index is 0.0492. The van der Waals surface area contributed by atoms with Crippen LogP contribution in [0.5, 0.6) is 5.75 Å². The van der Waals surface area contributed by atoms with Gasteiger partial charge in [-0.15, -0.1) is 0 Å². The molecule has 0 atom stereocenters. The van der Waals surface area contributed by atoms with Crippen LogP contribution in [0.15, 0.2) is 72.8 Å². The summed E-state index contributed by atoms with van der Waals surface area (Å²) in [6.07, 6.45) is 3.34. The molecule has 0 bridgehead atoms. The molecule has 3 aromatic rings. The predicted molar refractivity (Wildman–Crippen MR) is 135 cm³/mol. The quantitative estimate of drug-likeness (QED) is 0.505. The lowest BCUT2D eigenvalue weighted by Crippen LogP contribution is -2.35. The number of ether oxygens (including phenoxy) is 1. The van der Waals surface area contributed by atoms with Crippen molar-refractivity contribution in [3.8, 4) is 5.75 Å².